The first-order chi connectivity index (χ1) is 9.61. The zero-order valence-corrected chi connectivity index (χ0v) is 11.0. The van der Waals surface area contributed by atoms with Crippen molar-refractivity contribution in [2.75, 3.05) is 11.9 Å². The van der Waals surface area contributed by atoms with Crippen LogP contribution in [0.2, 0.25) is 0 Å². The van der Waals surface area contributed by atoms with Crippen LogP contribution in [0.4, 0.5) is 10.1 Å². The van der Waals surface area contributed by atoms with Crippen molar-refractivity contribution in [2.45, 2.75) is 6.54 Å². The number of benzene rings is 1. The second kappa shape index (κ2) is 6.01. The Kier molecular flexibility index (Phi) is 4.14. The van der Waals surface area contributed by atoms with Gasteiger partial charge in [0.2, 0.25) is 0 Å². The topological polar surface area (TPSA) is 74.7 Å². The van der Waals surface area contributed by atoms with Gasteiger partial charge < -0.3 is 15.8 Å². The number of anilines is 1. The summed E-state index contributed by atoms with van der Waals surface area (Å²) in [5.41, 5.74) is 7.73. The third kappa shape index (κ3) is 3.03. The van der Waals surface area contributed by atoms with E-state index in [4.69, 9.17) is 10.9 Å². The summed E-state index contributed by atoms with van der Waals surface area (Å²) in [7, 11) is 1.83. The van der Waals surface area contributed by atoms with E-state index in [-0.39, 0.29) is 11.7 Å². The Balaban J connectivity index is 2.28. The molecule has 104 valence electrons. The molecule has 0 atom stereocenters. The number of amidine groups is 1. The van der Waals surface area contributed by atoms with Crippen molar-refractivity contribution in [3.05, 3.63) is 59.7 Å². The number of oxime groups is 1. The molecule has 2 rings (SSSR count). The van der Waals surface area contributed by atoms with Crippen molar-refractivity contribution in [1.82, 2.24) is 4.98 Å². The van der Waals surface area contributed by atoms with Crippen LogP contribution >= 0.6 is 0 Å². The molecule has 1 aromatic heterocycles. The monoisotopic (exact) mass is 274 g/mol. The Morgan fingerprint density at radius 1 is 1.45 bits per heavy atom. The number of hydrogen-bond acceptors (Lipinski definition) is 4. The van der Waals surface area contributed by atoms with Gasteiger partial charge in [0.1, 0.15) is 5.82 Å². The predicted molar refractivity (Wildman–Crippen MR) is 75.3 cm³/mol. The molecule has 3 N–H and O–H groups in total. The van der Waals surface area contributed by atoms with E-state index in [0.717, 1.165) is 5.56 Å². The highest BCUT2D eigenvalue weighted by Gasteiger charge is 2.11. The van der Waals surface area contributed by atoms with E-state index >= 15 is 0 Å². The summed E-state index contributed by atoms with van der Waals surface area (Å²) in [6.45, 7) is 0.481. The first kappa shape index (κ1) is 13.8. The van der Waals surface area contributed by atoms with Crippen molar-refractivity contribution in [1.29, 1.82) is 0 Å². The maximum atomic E-state index is 13.2. The van der Waals surface area contributed by atoms with E-state index in [1.807, 2.05) is 18.0 Å². The van der Waals surface area contributed by atoms with E-state index in [2.05, 4.69) is 10.1 Å². The molecule has 5 nitrogen and oxygen atoms in total. The van der Waals surface area contributed by atoms with Crippen molar-refractivity contribution in [3.8, 4) is 0 Å². The Morgan fingerprint density at radius 3 is 2.95 bits per heavy atom. The standard InChI is InChI=1S/C14H15FN4O/c1-19(9-10-3-2-4-11(15)7-10)13-8-17-6-5-12(13)14(16)18-20/h2-8,20H,9H2,1H3,(H2,16,18). The van der Waals surface area contributed by atoms with Crippen LogP contribution in [0.15, 0.2) is 47.9 Å². The maximum Gasteiger partial charge on any atom is 0.172 e. The number of rotatable bonds is 4. The summed E-state index contributed by atoms with van der Waals surface area (Å²) in [5, 5.41) is 11.8. The zero-order valence-electron chi connectivity index (χ0n) is 11.0. The fourth-order valence-electron chi connectivity index (χ4n) is 1.96. The fourth-order valence-corrected chi connectivity index (χ4v) is 1.96. The Bertz CT molecular complexity index is 630. The molecule has 1 heterocycles. The first-order valence-corrected chi connectivity index (χ1v) is 5.99. The summed E-state index contributed by atoms with van der Waals surface area (Å²) in [4.78, 5) is 5.89. The van der Waals surface area contributed by atoms with Crippen LogP contribution in [0.5, 0.6) is 0 Å². The number of aromatic nitrogens is 1. The number of nitrogens with zero attached hydrogens (tertiary/aromatic N) is 3. The van der Waals surface area contributed by atoms with Crippen molar-refractivity contribution < 1.29 is 9.60 Å². The zero-order chi connectivity index (χ0) is 14.5. The number of pyridine rings is 1. The minimum Gasteiger partial charge on any atom is -0.409 e. The van der Waals surface area contributed by atoms with Gasteiger partial charge in [0.25, 0.3) is 0 Å². The van der Waals surface area contributed by atoms with Crippen LogP contribution in [0, 0.1) is 5.82 Å². The molecule has 0 saturated carbocycles. The lowest BCUT2D eigenvalue weighted by Gasteiger charge is -2.21. The molecular weight excluding hydrogens is 259 g/mol. The Morgan fingerprint density at radius 2 is 2.25 bits per heavy atom. The smallest absolute Gasteiger partial charge is 0.172 e. The van der Waals surface area contributed by atoms with Crippen LogP contribution in [0.25, 0.3) is 0 Å². The van der Waals surface area contributed by atoms with Gasteiger partial charge in [-0.05, 0) is 23.8 Å². The molecule has 0 saturated heterocycles. The van der Waals surface area contributed by atoms with Crippen LogP contribution < -0.4 is 10.6 Å². The minimum absolute atomic E-state index is 0.00786. The normalized spacial score (nSPS) is 11.4. The van der Waals surface area contributed by atoms with Gasteiger partial charge in [-0.2, -0.15) is 0 Å². The molecule has 0 bridgehead atoms. The summed E-state index contributed by atoms with van der Waals surface area (Å²) in [6.07, 6.45) is 3.18. The Hall–Kier alpha value is -2.63. The summed E-state index contributed by atoms with van der Waals surface area (Å²) >= 11 is 0. The predicted octanol–water partition coefficient (Wildman–Crippen LogP) is 1.95. The number of nitrogens with two attached hydrogens (primary N) is 1. The molecule has 0 aliphatic heterocycles. The maximum absolute atomic E-state index is 13.2. The van der Waals surface area contributed by atoms with E-state index in [1.165, 1.54) is 12.1 Å². The fraction of sp³-hybridized carbons (Fsp3) is 0.143. The second-order valence-corrected chi connectivity index (χ2v) is 4.36. The third-order valence-corrected chi connectivity index (χ3v) is 2.90. The molecule has 0 spiro atoms. The summed E-state index contributed by atoms with van der Waals surface area (Å²) < 4.78 is 13.2. The molecule has 0 amide bonds. The number of hydrogen-bond donors (Lipinski definition) is 2. The highest BCUT2D eigenvalue weighted by molar-refractivity contribution is 6.01. The van der Waals surface area contributed by atoms with Gasteiger partial charge in [0, 0.05) is 25.4 Å². The molecular formula is C14H15FN4O. The van der Waals surface area contributed by atoms with Gasteiger partial charge in [0.15, 0.2) is 5.84 Å². The van der Waals surface area contributed by atoms with Crippen molar-refractivity contribution >= 4 is 11.5 Å². The third-order valence-electron chi connectivity index (χ3n) is 2.90. The van der Waals surface area contributed by atoms with Gasteiger partial charge in [-0.15, -0.1) is 0 Å². The first-order valence-electron chi connectivity index (χ1n) is 5.99. The van der Waals surface area contributed by atoms with Gasteiger partial charge in [-0.25, -0.2) is 4.39 Å². The van der Waals surface area contributed by atoms with Gasteiger partial charge in [-0.1, -0.05) is 17.3 Å². The highest BCUT2D eigenvalue weighted by atomic mass is 19.1. The van der Waals surface area contributed by atoms with E-state index in [1.54, 1.807) is 24.5 Å². The average molecular weight is 274 g/mol. The minimum atomic E-state index is -0.279. The SMILES string of the molecule is CN(Cc1cccc(F)c1)c1cnccc1/C(N)=N/O. The largest absolute Gasteiger partial charge is 0.409 e. The quantitative estimate of drug-likeness (QED) is 0.387. The number of halogens is 1. The van der Waals surface area contributed by atoms with Gasteiger partial charge in [0.05, 0.1) is 11.9 Å². The lowest BCUT2D eigenvalue weighted by Crippen LogP contribution is -2.22. The molecule has 0 fully saturated rings. The van der Waals surface area contributed by atoms with Crippen LogP contribution in [-0.4, -0.2) is 23.1 Å². The van der Waals surface area contributed by atoms with Crippen molar-refractivity contribution in [2.24, 2.45) is 10.9 Å². The van der Waals surface area contributed by atoms with E-state index < -0.39 is 0 Å². The molecule has 0 aliphatic rings. The van der Waals surface area contributed by atoms with Crippen LogP contribution in [0.1, 0.15) is 11.1 Å². The molecule has 6 heteroatoms. The van der Waals surface area contributed by atoms with Crippen LogP contribution in [0.3, 0.4) is 0 Å². The van der Waals surface area contributed by atoms with Gasteiger partial charge in [-0.3, -0.25) is 4.98 Å². The highest BCUT2D eigenvalue weighted by Crippen LogP contribution is 2.20. The lowest BCUT2D eigenvalue weighted by molar-refractivity contribution is 0.318. The Labute approximate surface area is 116 Å². The molecule has 0 radical (unpaired) electrons. The molecule has 1 aromatic carbocycles. The van der Waals surface area contributed by atoms with Crippen LogP contribution in [-0.2, 0) is 6.54 Å². The molecule has 0 aliphatic carbocycles. The molecule has 20 heavy (non-hydrogen) atoms. The molecule has 0 unspecified atom stereocenters. The summed E-state index contributed by atoms with van der Waals surface area (Å²) in [6, 6.07) is 8.02. The molecule has 2 aromatic rings. The average Bonchev–Trinajstić information content (AvgIpc) is 2.46. The lowest BCUT2D eigenvalue weighted by atomic mass is 10.1. The van der Waals surface area contributed by atoms with Crippen molar-refractivity contribution in [3.63, 3.8) is 0 Å². The summed E-state index contributed by atoms with van der Waals surface area (Å²) in [5.74, 6) is -0.271. The van der Waals surface area contributed by atoms with Gasteiger partial charge >= 0.3 is 0 Å². The van der Waals surface area contributed by atoms with E-state index in [9.17, 15) is 4.39 Å². The second-order valence-electron chi connectivity index (χ2n) is 4.36. The van der Waals surface area contributed by atoms with E-state index in [0.29, 0.717) is 17.8 Å².